The largest absolute Gasteiger partial charge is 0.493 e. The normalized spacial score (nSPS) is 13.1. The van der Waals surface area contributed by atoms with Gasteiger partial charge >= 0.3 is 5.97 Å². The van der Waals surface area contributed by atoms with Gasteiger partial charge in [-0.05, 0) is 18.6 Å². The Kier molecular flexibility index (Phi) is 4.07. The number of fused-ring (bicyclic) bond motifs is 1. The quantitative estimate of drug-likeness (QED) is 0.575. The number of hydrogen-bond acceptors (Lipinski definition) is 4. The number of cyclic esters (lactones) is 1. The van der Waals surface area contributed by atoms with Gasteiger partial charge in [0.2, 0.25) is 0 Å². The zero-order valence-corrected chi connectivity index (χ0v) is 10.8. The van der Waals surface area contributed by atoms with Crippen LogP contribution in [-0.2, 0) is 11.3 Å². The minimum Gasteiger partial charge on any atom is -0.493 e. The third-order valence-corrected chi connectivity index (χ3v) is 3.01. The first kappa shape index (κ1) is 12.7. The Morgan fingerprint density at radius 3 is 2.89 bits per heavy atom. The van der Waals surface area contributed by atoms with E-state index < -0.39 is 0 Å². The lowest BCUT2D eigenvalue weighted by Gasteiger charge is -2.13. The standard InChI is InChI=1S/C14H18O4/c1-3-4-5-8-17-13-11-9-18-14(15)10(11)6-7-12(13)16-2/h6-7H,3-5,8-9H2,1-2H3. The fourth-order valence-electron chi connectivity index (χ4n) is 2.00. The van der Waals surface area contributed by atoms with Crippen LogP contribution in [-0.4, -0.2) is 19.7 Å². The van der Waals surface area contributed by atoms with Gasteiger partial charge < -0.3 is 14.2 Å². The van der Waals surface area contributed by atoms with Gasteiger partial charge in [-0.3, -0.25) is 0 Å². The first-order valence-corrected chi connectivity index (χ1v) is 6.27. The number of rotatable bonds is 6. The molecule has 0 atom stereocenters. The molecule has 2 rings (SSSR count). The summed E-state index contributed by atoms with van der Waals surface area (Å²) < 4.78 is 16.1. The van der Waals surface area contributed by atoms with E-state index in [0.717, 1.165) is 24.8 Å². The Morgan fingerprint density at radius 1 is 1.33 bits per heavy atom. The Bertz CT molecular complexity index is 440. The molecule has 0 N–H and O–H groups in total. The van der Waals surface area contributed by atoms with Crippen molar-refractivity contribution in [1.82, 2.24) is 0 Å². The minimum absolute atomic E-state index is 0.272. The van der Waals surface area contributed by atoms with Gasteiger partial charge in [-0.25, -0.2) is 4.79 Å². The van der Waals surface area contributed by atoms with Crippen LogP contribution in [0.25, 0.3) is 0 Å². The summed E-state index contributed by atoms with van der Waals surface area (Å²) in [5, 5.41) is 0. The maximum atomic E-state index is 11.5. The SMILES string of the molecule is CCCCCOc1c(OC)ccc2c1COC2=O. The molecule has 1 aromatic rings. The molecule has 1 heterocycles. The zero-order chi connectivity index (χ0) is 13.0. The molecule has 0 fully saturated rings. The molecule has 0 aliphatic carbocycles. The predicted molar refractivity (Wildman–Crippen MR) is 67.1 cm³/mol. The van der Waals surface area contributed by atoms with Gasteiger partial charge in [-0.2, -0.15) is 0 Å². The van der Waals surface area contributed by atoms with Crippen LogP contribution in [0, 0.1) is 0 Å². The van der Waals surface area contributed by atoms with E-state index in [-0.39, 0.29) is 12.6 Å². The third kappa shape index (κ3) is 2.42. The second-order valence-corrected chi connectivity index (χ2v) is 4.25. The van der Waals surface area contributed by atoms with Crippen LogP contribution in [0.1, 0.15) is 42.1 Å². The molecule has 0 aromatic heterocycles. The van der Waals surface area contributed by atoms with Crippen molar-refractivity contribution in [3.63, 3.8) is 0 Å². The van der Waals surface area contributed by atoms with Crippen molar-refractivity contribution in [2.75, 3.05) is 13.7 Å². The minimum atomic E-state index is -0.286. The van der Waals surface area contributed by atoms with E-state index in [0.29, 0.717) is 23.7 Å². The molecule has 18 heavy (non-hydrogen) atoms. The average Bonchev–Trinajstić information content (AvgIpc) is 2.77. The van der Waals surface area contributed by atoms with Crippen LogP contribution < -0.4 is 9.47 Å². The lowest BCUT2D eigenvalue weighted by atomic mass is 10.1. The van der Waals surface area contributed by atoms with E-state index in [1.807, 2.05) is 0 Å². The van der Waals surface area contributed by atoms with Crippen molar-refractivity contribution < 1.29 is 19.0 Å². The van der Waals surface area contributed by atoms with Crippen molar-refractivity contribution in [2.45, 2.75) is 32.8 Å². The molecule has 0 unspecified atom stereocenters. The Balaban J connectivity index is 2.18. The fraction of sp³-hybridized carbons (Fsp3) is 0.500. The number of esters is 1. The highest BCUT2D eigenvalue weighted by atomic mass is 16.5. The number of benzene rings is 1. The van der Waals surface area contributed by atoms with E-state index in [9.17, 15) is 4.79 Å². The van der Waals surface area contributed by atoms with Crippen LogP contribution in [0.15, 0.2) is 12.1 Å². The smallest absolute Gasteiger partial charge is 0.339 e. The van der Waals surface area contributed by atoms with Gasteiger partial charge in [0.15, 0.2) is 11.5 Å². The summed E-state index contributed by atoms with van der Waals surface area (Å²) >= 11 is 0. The van der Waals surface area contributed by atoms with Gasteiger partial charge in [0.1, 0.15) is 6.61 Å². The monoisotopic (exact) mass is 250 g/mol. The average molecular weight is 250 g/mol. The molecule has 1 aliphatic heterocycles. The summed E-state index contributed by atoms with van der Waals surface area (Å²) in [6.45, 7) is 3.05. The number of hydrogen-bond donors (Lipinski definition) is 0. The summed E-state index contributed by atoms with van der Waals surface area (Å²) in [5.41, 5.74) is 1.39. The maximum absolute atomic E-state index is 11.5. The third-order valence-electron chi connectivity index (χ3n) is 3.01. The first-order chi connectivity index (χ1) is 8.77. The second-order valence-electron chi connectivity index (χ2n) is 4.25. The summed E-state index contributed by atoms with van der Waals surface area (Å²) in [7, 11) is 1.60. The molecule has 98 valence electrons. The van der Waals surface area contributed by atoms with Crippen LogP contribution in [0.2, 0.25) is 0 Å². The Labute approximate surface area is 107 Å². The Morgan fingerprint density at radius 2 is 2.17 bits per heavy atom. The van der Waals surface area contributed by atoms with Crippen molar-refractivity contribution >= 4 is 5.97 Å². The highest BCUT2D eigenvalue weighted by molar-refractivity contribution is 5.94. The van der Waals surface area contributed by atoms with Gasteiger partial charge in [0, 0.05) is 5.56 Å². The second kappa shape index (κ2) is 5.76. The molecule has 1 aromatic carbocycles. The molecule has 0 saturated heterocycles. The highest BCUT2D eigenvalue weighted by Gasteiger charge is 2.27. The summed E-state index contributed by atoms with van der Waals surface area (Å²) in [6.07, 6.45) is 3.28. The molecule has 4 heteroatoms. The molecule has 0 bridgehead atoms. The molecule has 0 amide bonds. The predicted octanol–water partition coefficient (Wildman–Crippen LogP) is 2.93. The maximum Gasteiger partial charge on any atom is 0.339 e. The molecule has 0 radical (unpaired) electrons. The van der Waals surface area contributed by atoms with Crippen molar-refractivity contribution in [2.24, 2.45) is 0 Å². The molecular weight excluding hydrogens is 232 g/mol. The number of carbonyl (C=O) groups excluding carboxylic acids is 1. The van der Waals surface area contributed by atoms with E-state index in [1.54, 1.807) is 19.2 Å². The van der Waals surface area contributed by atoms with Crippen LogP contribution in [0.5, 0.6) is 11.5 Å². The van der Waals surface area contributed by atoms with E-state index in [1.165, 1.54) is 0 Å². The summed E-state index contributed by atoms with van der Waals surface area (Å²) in [5.74, 6) is 1.02. The lowest BCUT2D eigenvalue weighted by molar-refractivity contribution is 0.0534. The van der Waals surface area contributed by atoms with Gasteiger partial charge in [-0.15, -0.1) is 0 Å². The number of methoxy groups -OCH3 is 1. The molecule has 0 spiro atoms. The van der Waals surface area contributed by atoms with Crippen molar-refractivity contribution in [3.8, 4) is 11.5 Å². The van der Waals surface area contributed by atoms with Crippen LogP contribution in [0.4, 0.5) is 0 Å². The molecule has 0 saturated carbocycles. The van der Waals surface area contributed by atoms with E-state index in [2.05, 4.69) is 6.92 Å². The molecule has 4 nitrogen and oxygen atoms in total. The molecular formula is C14H18O4. The van der Waals surface area contributed by atoms with E-state index in [4.69, 9.17) is 14.2 Å². The van der Waals surface area contributed by atoms with Crippen molar-refractivity contribution in [3.05, 3.63) is 23.3 Å². The zero-order valence-electron chi connectivity index (χ0n) is 10.8. The topological polar surface area (TPSA) is 44.8 Å². The van der Waals surface area contributed by atoms with E-state index >= 15 is 0 Å². The number of unbranched alkanes of at least 4 members (excludes halogenated alkanes) is 2. The number of ether oxygens (including phenoxy) is 3. The van der Waals surface area contributed by atoms with Crippen molar-refractivity contribution in [1.29, 1.82) is 0 Å². The molecule has 1 aliphatic rings. The van der Waals surface area contributed by atoms with Gasteiger partial charge in [-0.1, -0.05) is 19.8 Å². The lowest BCUT2D eigenvalue weighted by Crippen LogP contribution is -2.03. The fourth-order valence-corrected chi connectivity index (χ4v) is 2.00. The highest BCUT2D eigenvalue weighted by Crippen LogP contribution is 2.37. The summed E-state index contributed by atoms with van der Waals surface area (Å²) in [6, 6.07) is 3.48. The van der Waals surface area contributed by atoms with Gasteiger partial charge in [0.05, 0.1) is 19.3 Å². The summed E-state index contributed by atoms with van der Waals surface area (Å²) in [4.78, 5) is 11.5. The van der Waals surface area contributed by atoms with Crippen LogP contribution in [0.3, 0.4) is 0 Å². The van der Waals surface area contributed by atoms with Gasteiger partial charge in [0.25, 0.3) is 0 Å². The number of carbonyl (C=O) groups is 1. The first-order valence-electron chi connectivity index (χ1n) is 6.27. The Hall–Kier alpha value is -1.71. The van der Waals surface area contributed by atoms with Crippen LogP contribution >= 0.6 is 0 Å².